The highest BCUT2D eigenvalue weighted by Gasteiger charge is 2.25. The molecule has 0 unspecified atom stereocenters. The standard InChI is InChI=1S/C7H16NO.C4H12O3SSi.2CH4/c1-8(7-9-2)5-3-4-6-8;1-9(2,3)4-8(5,6)7;;/h3-7H2,1-2H3;4H2,1-3H3,(H,5,6,7);2*1H4/q+1;;;/p-1. The van der Waals surface area contributed by atoms with E-state index in [-0.39, 0.29) is 20.2 Å². The zero-order chi connectivity index (χ0) is 14.4. The minimum absolute atomic E-state index is 0. The fourth-order valence-corrected chi connectivity index (χ4v) is 6.31. The van der Waals surface area contributed by atoms with Crippen molar-refractivity contribution in [2.24, 2.45) is 0 Å². The van der Waals surface area contributed by atoms with Crippen LogP contribution >= 0.6 is 0 Å². The van der Waals surface area contributed by atoms with Gasteiger partial charge >= 0.3 is 0 Å². The molecule has 0 aromatic heterocycles. The first kappa shape index (κ1) is 25.0. The molecule has 0 atom stereocenters. The van der Waals surface area contributed by atoms with Gasteiger partial charge in [0.1, 0.15) is 0 Å². The van der Waals surface area contributed by atoms with Gasteiger partial charge in [-0.1, -0.05) is 34.5 Å². The first-order valence-corrected chi connectivity index (χ1v) is 11.5. The summed E-state index contributed by atoms with van der Waals surface area (Å²) in [6.07, 6.45) is 2.75. The number of methoxy groups -OCH3 is 1. The molecule has 0 aliphatic carbocycles. The van der Waals surface area contributed by atoms with Gasteiger partial charge in [-0.3, -0.25) is 0 Å². The lowest BCUT2D eigenvalue weighted by Gasteiger charge is -2.27. The number of nitrogens with zero attached hydrogens (tertiary/aromatic N) is 1. The molecule has 0 saturated carbocycles. The molecule has 0 radical (unpaired) electrons. The first-order valence-electron chi connectivity index (χ1n) is 6.24. The van der Waals surface area contributed by atoms with Gasteiger partial charge in [0.25, 0.3) is 0 Å². The maximum Gasteiger partial charge on any atom is 0.182 e. The number of rotatable bonds is 4. The van der Waals surface area contributed by atoms with E-state index in [1.807, 2.05) is 19.6 Å². The van der Waals surface area contributed by atoms with Crippen LogP contribution in [0.5, 0.6) is 0 Å². The summed E-state index contributed by atoms with van der Waals surface area (Å²) < 4.78 is 36.6. The Bertz CT molecular complexity index is 333. The first-order chi connectivity index (χ1) is 7.97. The van der Waals surface area contributed by atoms with Crippen LogP contribution in [-0.4, -0.2) is 64.9 Å². The van der Waals surface area contributed by atoms with Gasteiger partial charge in [0.15, 0.2) is 6.73 Å². The molecule has 1 fully saturated rings. The van der Waals surface area contributed by atoms with Crippen LogP contribution in [-0.2, 0) is 14.9 Å². The second-order valence-electron chi connectivity index (χ2n) is 6.45. The molecule has 0 amide bonds. The number of hydrogen-bond donors (Lipinski definition) is 0. The van der Waals surface area contributed by atoms with Gasteiger partial charge in [0, 0.05) is 25.3 Å². The van der Waals surface area contributed by atoms with Gasteiger partial charge in [-0.25, -0.2) is 8.42 Å². The van der Waals surface area contributed by atoms with Gasteiger partial charge in [-0.05, 0) is 0 Å². The molecule has 0 bridgehead atoms. The van der Waals surface area contributed by atoms with E-state index in [0.29, 0.717) is 0 Å². The molecule has 0 aromatic carbocycles. The Balaban J connectivity index is -0.000000263. The van der Waals surface area contributed by atoms with E-state index in [4.69, 9.17) is 4.74 Å². The van der Waals surface area contributed by atoms with Gasteiger partial charge in [0.05, 0.1) is 38.3 Å². The Hall–Kier alpha value is 0.0469. The van der Waals surface area contributed by atoms with Crippen molar-refractivity contribution in [2.75, 3.05) is 39.4 Å². The second kappa shape index (κ2) is 9.89. The van der Waals surface area contributed by atoms with Crippen molar-refractivity contribution >= 4 is 18.2 Å². The van der Waals surface area contributed by atoms with Crippen LogP contribution in [0.2, 0.25) is 19.6 Å². The third-order valence-electron chi connectivity index (χ3n) is 2.70. The van der Waals surface area contributed by atoms with Crippen LogP contribution in [0, 0.1) is 0 Å². The van der Waals surface area contributed by atoms with E-state index >= 15 is 0 Å². The predicted molar refractivity (Wildman–Crippen MR) is 88.4 cm³/mol. The third kappa shape index (κ3) is 14.5. The molecular formula is C13H35NO4SSi. The molecule has 0 N–H and O–H groups in total. The average molecular weight is 330 g/mol. The van der Waals surface area contributed by atoms with Crippen LogP contribution in [0.3, 0.4) is 0 Å². The van der Waals surface area contributed by atoms with E-state index in [1.54, 1.807) is 7.11 Å². The smallest absolute Gasteiger partial charge is 0.182 e. The van der Waals surface area contributed by atoms with Crippen LogP contribution in [0.25, 0.3) is 0 Å². The zero-order valence-corrected chi connectivity index (χ0v) is 14.0. The molecule has 126 valence electrons. The molecule has 0 aromatic rings. The molecule has 1 heterocycles. The van der Waals surface area contributed by atoms with E-state index in [0.717, 1.165) is 11.2 Å². The number of quaternary nitrogens is 1. The summed E-state index contributed by atoms with van der Waals surface area (Å²) in [6, 6.07) is 0. The molecule has 1 aliphatic heterocycles. The lowest BCUT2D eigenvalue weighted by atomic mass is 10.4. The summed E-state index contributed by atoms with van der Waals surface area (Å²) in [4.78, 5) is 0. The van der Waals surface area contributed by atoms with Crippen molar-refractivity contribution in [1.82, 2.24) is 0 Å². The van der Waals surface area contributed by atoms with E-state index in [9.17, 15) is 13.0 Å². The molecule has 20 heavy (non-hydrogen) atoms. The Labute approximate surface area is 127 Å². The molecule has 1 rings (SSSR count). The van der Waals surface area contributed by atoms with Crippen LogP contribution < -0.4 is 0 Å². The maximum atomic E-state index is 10.1. The highest BCUT2D eigenvalue weighted by atomic mass is 32.2. The lowest BCUT2D eigenvalue weighted by molar-refractivity contribution is -0.916. The predicted octanol–water partition coefficient (Wildman–Crippen LogP) is 2.51. The largest absolute Gasteiger partial charge is 0.748 e. The van der Waals surface area contributed by atoms with Gasteiger partial charge < -0.3 is 13.8 Å². The minimum atomic E-state index is -3.97. The fraction of sp³-hybridized carbons (Fsp3) is 1.00. The maximum absolute atomic E-state index is 10.1. The Morgan fingerprint density at radius 1 is 1.15 bits per heavy atom. The molecule has 5 nitrogen and oxygen atoms in total. The van der Waals surface area contributed by atoms with Crippen LogP contribution in [0.4, 0.5) is 0 Å². The van der Waals surface area contributed by atoms with Crippen molar-refractivity contribution in [3.05, 3.63) is 0 Å². The highest BCUT2D eigenvalue weighted by Crippen LogP contribution is 2.15. The van der Waals surface area contributed by atoms with Crippen molar-refractivity contribution in [2.45, 2.75) is 47.3 Å². The van der Waals surface area contributed by atoms with Gasteiger partial charge in [-0.2, -0.15) is 0 Å². The number of likely N-dealkylation sites (tertiary alicyclic amines) is 1. The van der Waals surface area contributed by atoms with Crippen molar-refractivity contribution in [3.63, 3.8) is 0 Å². The zero-order valence-electron chi connectivity index (χ0n) is 12.2. The van der Waals surface area contributed by atoms with Crippen molar-refractivity contribution in [3.8, 4) is 0 Å². The summed E-state index contributed by atoms with van der Waals surface area (Å²) in [7, 11) is -1.62. The van der Waals surface area contributed by atoms with Crippen molar-refractivity contribution in [1.29, 1.82) is 0 Å². The van der Waals surface area contributed by atoms with Crippen molar-refractivity contribution < 1.29 is 22.2 Å². The van der Waals surface area contributed by atoms with Gasteiger partial charge in [-0.15, -0.1) is 0 Å². The topological polar surface area (TPSA) is 66.4 Å². The van der Waals surface area contributed by atoms with E-state index in [1.165, 1.54) is 25.9 Å². The second-order valence-corrected chi connectivity index (χ2v) is 13.8. The molecule has 7 heteroatoms. The Kier molecular flexibility index (Phi) is 12.4. The van der Waals surface area contributed by atoms with Crippen LogP contribution in [0.1, 0.15) is 27.7 Å². The SMILES string of the molecule is C.C.COC[N+]1(C)CCCC1.C[Si](C)(C)CS(=O)(=O)[O-]. The van der Waals surface area contributed by atoms with Crippen LogP contribution in [0.15, 0.2) is 0 Å². The monoisotopic (exact) mass is 329 g/mol. The molecule has 1 saturated heterocycles. The third-order valence-corrected chi connectivity index (χ3v) is 7.57. The summed E-state index contributed by atoms with van der Waals surface area (Å²) in [5.41, 5.74) is 0. The number of hydrogen-bond acceptors (Lipinski definition) is 4. The summed E-state index contributed by atoms with van der Waals surface area (Å²) in [5, 5.41) is -0.153. The normalized spacial score (nSPS) is 17.3. The van der Waals surface area contributed by atoms with E-state index in [2.05, 4.69) is 7.05 Å². The Morgan fingerprint density at radius 3 is 1.75 bits per heavy atom. The lowest BCUT2D eigenvalue weighted by Crippen LogP contribution is -2.42. The molecule has 1 aliphatic rings. The summed E-state index contributed by atoms with van der Waals surface area (Å²) in [6.45, 7) is 9.04. The fourth-order valence-electron chi connectivity index (χ4n) is 2.07. The molecular weight excluding hydrogens is 294 g/mol. The average Bonchev–Trinajstić information content (AvgIpc) is 2.46. The Morgan fingerprint density at radius 2 is 1.55 bits per heavy atom. The molecule has 0 spiro atoms. The quantitative estimate of drug-likeness (QED) is 0.451. The number of ether oxygens (including phenoxy) is 1. The summed E-state index contributed by atoms with van der Waals surface area (Å²) in [5.74, 6) is 0. The van der Waals surface area contributed by atoms with E-state index < -0.39 is 18.2 Å². The van der Waals surface area contributed by atoms with Gasteiger partial charge in [0.2, 0.25) is 0 Å². The minimum Gasteiger partial charge on any atom is -0.748 e. The summed E-state index contributed by atoms with van der Waals surface area (Å²) >= 11 is 0. The highest BCUT2D eigenvalue weighted by molar-refractivity contribution is 7.87.